The molecule has 1 heterocycles. The van der Waals surface area contributed by atoms with E-state index in [1.807, 2.05) is 20.8 Å². The molecular formula is C15H29ClN4O4. The second-order valence-corrected chi connectivity index (χ2v) is 5.95. The molecule has 4 N–H and O–H groups in total. The Hall–Kier alpha value is -1.38. The number of halogens is 1. The van der Waals surface area contributed by atoms with Gasteiger partial charge in [-0.2, -0.15) is 0 Å². The van der Waals surface area contributed by atoms with Gasteiger partial charge in [-0.15, -0.1) is 12.4 Å². The maximum absolute atomic E-state index is 12.3. The minimum Gasteiger partial charge on any atom is -0.378 e. The van der Waals surface area contributed by atoms with Crippen LogP contribution in [0.25, 0.3) is 0 Å². The van der Waals surface area contributed by atoms with E-state index in [0.717, 1.165) is 0 Å². The zero-order valence-electron chi connectivity index (χ0n) is 14.5. The van der Waals surface area contributed by atoms with Crippen molar-refractivity contribution in [1.29, 1.82) is 0 Å². The Kier molecular flexibility index (Phi) is 10.6. The molecule has 8 nitrogen and oxygen atoms in total. The van der Waals surface area contributed by atoms with Crippen molar-refractivity contribution in [3.63, 3.8) is 0 Å². The van der Waals surface area contributed by atoms with Crippen LogP contribution < -0.4 is 16.4 Å². The van der Waals surface area contributed by atoms with Crippen LogP contribution in [0.5, 0.6) is 0 Å². The molecule has 0 bridgehead atoms. The number of nitrogens with two attached hydrogens (primary N) is 1. The molecule has 1 unspecified atom stereocenters. The predicted molar refractivity (Wildman–Crippen MR) is 92.7 cm³/mol. The van der Waals surface area contributed by atoms with Gasteiger partial charge >= 0.3 is 0 Å². The van der Waals surface area contributed by atoms with Gasteiger partial charge in [0.1, 0.15) is 6.04 Å². The zero-order valence-corrected chi connectivity index (χ0v) is 15.4. The van der Waals surface area contributed by atoms with Crippen molar-refractivity contribution in [2.75, 3.05) is 32.8 Å². The van der Waals surface area contributed by atoms with E-state index in [1.165, 1.54) is 0 Å². The molecule has 24 heavy (non-hydrogen) atoms. The summed E-state index contributed by atoms with van der Waals surface area (Å²) in [6.07, 6.45) is 0.487. The lowest BCUT2D eigenvalue weighted by Gasteiger charge is -2.30. The third-order valence-electron chi connectivity index (χ3n) is 3.81. The minimum atomic E-state index is -0.653. The van der Waals surface area contributed by atoms with E-state index in [1.54, 1.807) is 4.90 Å². The fraction of sp³-hybridized carbons (Fsp3) is 0.800. The first kappa shape index (κ1) is 22.6. The molecule has 0 aliphatic carbocycles. The molecule has 1 aliphatic heterocycles. The first-order chi connectivity index (χ1) is 10.9. The highest BCUT2D eigenvalue weighted by Gasteiger charge is 2.26. The quantitative estimate of drug-likeness (QED) is 0.550. The highest BCUT2D eigenvalue weighted by atomic mass is 35.5. The van der Waals surface area contributed by atoms with Crippen LogP contribution in [0, 0.1) is 5.92 Å². The SMILES string of the molecule is CCC(NC(=O)CNC(=O)[C@@H](N)C(C)C)C(=O)N1CCOCC1.Cl. The summed E-state index contributed by atoms with van der Waals surface area (Å²) in [6.45, 7) is 7.40. The summed E-state index contributed by atoms with van der Waals surface area (Å²) in [5.74, 6) is -0.899. The first-order valence-electron chi connectivity index (χ1n) is 8.06. The van der Waals surface area contributed by atoms with Crippen molar-refractivity contribution in [1.82, 2.24) is 15.5 Å². The maximum Gasteiger partial charge on any atom is 0.245 e. The van der Waals surface area contributed by atoms with Gasteiger partial charge in [-0.3, -0.25) is 14.4 Å². The normalized spacial score (nSPS) is 16.8. The van der Waals surface area contributed by atoms with Crippen molar-refractivity contribution < 1.29 is 19.1 Å². The lowest BCUT2D eigenvalue weighted by Crippen LogP contribution is -2.53. The van der Waals surface area contributed by atoms with E-state index in [4.69, 9.17) is 10.5 Å². The number of morpholine rings is 1. The van der Waals surface area contributed by atoms with Crippen LogP contribution in [0.4, 0.5) is 0 Å². The van der Waals surface area contributed by atoms with Gasteiger partial charge in [0.15, 0.2) is 0 Å². The Balaban J connectivity index is 0.00000529. The molecule has 1 fully saturated rings. The van der Waals surface area contributed by atoms with Crippen LogP contribution in [0.15, 0.2) is 0 Å². The van der Waals surface area contributed by atoms with E-state index in [2.05, 4.69) is 10.6 Å². The Bertz CT molecular complexity index is 428. The van der Waals surface area contributed by atoms with Gasteiger partial charge in [0.25, 0.3) is 0 Å². The molecule has 140 valence electrons. The van der Waals surface area contributed by atoms with E-state index in [0.29, 0.717) is 32.7 Å². The van der Waals surface area contributed by atoms with Gasteiger partial charge in [0, 0.05) is 13.1 Å². The maximum atomic E-state index is 12.3. The standard InChI is InChI=1S/C15H28N4O4.ClH/c1-4-11(15(22)19-5-7-23-8-6-19)18-12(20)9-17-14(21)13(16)10(2)3;/h10-11,13H,4-9,16H2,1-3H3,(H,17,21)(H,18,20);1H/t11?,13-;/m0./s1. The monoisotopic (exact) mass is 364 g/mol. The second kappa shape index (κ2) is 11.2. The van der Waals surface area contributed by atoms with Gasteiger partial charge in [-0.25, -0.2) is 0 Å². The summed E-state index contributed by atoms with van der Waals surface area (Å²) < 4.78 is 5.21. The van der Waals surface area contributed by atoms with Gasteiger partial charge < -0.3 is 26.0 Å². The highest BCUT2D eigenvalue weighted by Crippen LogP contribution is 2.03. The van der Waals surface area contributed by atoms with Crippen LogP contribution in [-0.2, 0) is 19.1 Å². The molecule has 1 rings (SSSR count). The van der Waals surface area contributed by atoms with E-state index in [9.17, 15) is 14.4 Å². The van der Waals surface area contributed by atoms with Crippen molar-refractivity contribution in [2.24, 2.45) is 11.7 Å². The van der Waals surface area contributed by atoms with E-state index in [-0.39, 0.29) is 36.7 Å². The molecule has 2 atom stereocenters. The smallest absolute Gasteiger partial charge is 0.245 e. The number of amides is 3. The second-order valence-electron chi connectivity index (χ2n) is 5.95. The Morgan fingerprint density at radius 1 is 1.21 bits per heavy atom. The highest BCUT2D eigenvalue weighted by molar-refractivity contribution is 5.91. The molecule has 0 aromatic heterocycles. The average molecular weight is 365 g/mol. The van der Waals surface area contributed by atoms with Gasteiger partial charge in [-0.05, 0) is 12.3 Å². The van der Waals surface area contributed by atoms with Gasteiger partial charge in [0.2, 0.25) is 17.7 Å². The van der Waals surface area contributed by atoms with Crippen LogP contribution in [0.2, 0.25) is 0 Å². The van der Waals surface area contributed by atoms with Crippen LogP contribution in [0.1, 0.15) is 27.2 Å². The number of ether oxygens (including phenoxy) is 1. The molecule has 0 aromatic carbocycles. The Morgan fingerprint density at radius 3 is 2.29 bits per heavy atom. The fourth-order valence-corrected chi connectivity index (χ4v) is 2.18. The molecule has 3 amide bonds. The topological polar surface area (TPSA) is 114 Å². The first-order valence-corrected chi connectivity index (χ1v) is 8.06. The summed E-state index contributed by atoms with van der Waals surface area (Å²) >= 11 is 0. The van der Waals surface area contributed by atoms with Crippen LogP contribution >= 0.6 is 12.4 Å². The summed E-state index contributed by atoms with van der Waals surface area (Å²) in [7, 11) is 0. The minimum absolute atomic E-state index is 0. The number of nitrogens with one attached hydrogen (secondary N) is 2. The summed E-state index contributed by atoms with van der Waals surface area (Å²) in [6, 6.07) is -1.24. The molecule has 0 aromatic rings. The summed E-state index contributed by atoms with van der Waals surface area (Å²) in [5, 5.41) is 5.15. The third-order valence-corrected chi connectivity index (χ3v) is 3.81. The molecule has 9 heteroatoms. The number of carbonyl (C=O) groups is 3. The lowest BCUT2D eigenvalue weighted by atomic mass is 10.1. The van der Waals surface area contributed by atoms with Crippen molar-refractivity contribution in [3.05, 3.63) is 0 Å². The van der Waals surface area contributed by atoms with Gasteiger partial charge in [-0.1, -0.05) is 20.8 Å². The molecule has 1 saturated heterocycles. The Morgan fingerprint density at radius 2 is 1.79 bits per heavy atom. The lowest BCUT2D eigenvalue weighted by molar-refractivity contribution is -0.140. The predicted octanol–water partition coefficient (Wildman–Crippen LogP) is -0.739. The number of carbonyl (C=O) groups excluding carboxylic acids is 3. The molecular weight excluding hydrogens is 336 g/mol. The molecule has 1 aliphatic rings. The van der Waals surface area contributed by atoms with Crippen molar-refractivity contribution in [3.8, 4) is 0 Å². The molecule has 0 radical (unpaired) electrons. The van der Waals surface area contributed by atoms with Crippen LogP contribution in [-0.4, -0.2) is 67.6 Å². The summed E-state index contributed by atoms with van der Waals surface area (Å²) in [5.41, 5.74) is 5.70. The molecule has 0 saturated carbocycles. The number of hydrogen-bond acceptors (Lipinski definition) is 5. The fourth-order valence-electron chi connectivity index (χ4n) is 2.18. The van der Waals surface area contributed by atoms with Crippen molar-refractivity contribution >= 4 is 30.1 Å². The van der Waals surface area contributed by atoms with E-state index < -0.39 is 18.0 Å². The third kappa shape index (κ3) is 7.02. The van der Waals surface area contributed by atoms with Gasteiger partial charge in [0.05, 0.1) is 25.8 Å². The summed E-state index contributed by atoms with van der Waals surface area (Å²) in [4.78, 5) is 37.7. The Labute approximate surface area is 149 Å². The largest absolute Gasteiger partial charge is 0.378 e. The number of nitrogens with zero attached hydrogens (tertiary/aromatic N) is 1. The number of hydrogen-bond donors (Lipinski definition) is 3. The van der Waals surface area contributed by atoms with E-state index >= 15 is 0 Å². The number of rotatable bonds is 7. The zero-order chi connectivity index (χ0) is 17.4. The van der Waals surface area contributed by atoms with Crippen LogP contribution in [0.3, 0.4) is 0 Å². The average Bonchev–Trinajstić information content (AvgIpc) is 2.56. The van der Waals surface area contributed by atoms with Crippen molar-refractivity contribution in [2.45, 2.75) is 39.3 Å². The molecule has 0 spiro atoms.